The molecule has 1 heterocycles. The maximum absolute atomic E-state index is 12.9. The molecular weight excluding hydrogens is 398 g/mol. The predicted molar refractivity (Wildman–Crippen MR) is 118 cm³/mol. The molecule has 0 saturated carbocycles. The Balaban J connectivity index is 1.70. The lowest BCUT2D eigenvalue weighted by Crippen LogP contribution is -2.47. The third-order valence-electron chi connectivity index (χ3n) is 4.59. The highest BCUT2D eigenvalue weighted by molar-refractivity contribution is 7.10. The first-order valence-electron chi connectivity index (χ1n) is 9.67. The quantitative estimate of drug-likeness (QED) is 0.578. The lowest BCUT2D eigenvalue weighted by molar-refractivity contribution is -0.128. The van der Waals surface area contributed by atoms with Crippen molar-refractivity contribution in [1.82, 2.24) is 15.6 Å². The average molecular weight is 424 g/mol. The number of methoxy groups -OCH3 is 1. The van der Waals surface area contributed by atoms with E-state index in [0.717, 1.165) is 21.8 Å². The van der Waals surface area contributed by atoms with Gasteiger partial charge in [0.2, 0.25) is 11.8 Å². The first kappa shape index (κ1) is 21.5. The maximum atomic E-state index is 12.9. The second kappa shape index (κ2) is 10.0. The van der Waals surface area contributed by atoms with Crippen molar-refractivity contribution >= 4 is 23.2 Å². The molecule has 3 aromatic rings. The normalized spacial score (nSPS) is 12.6. The standard InChI is InChI=1S/C23H25N3O3S/c1-15(23-26-21(14-30-23)18-9-5-4-6-10-18)24-22(28)20(25-16(2)27)13-17-8-7-11-19(12-17)29-3/h4-12,14-15,20H,13H2,1-3H3,(H,24,28)(H,25,27). The molecule has 0 bridgehead atoms. The molecule has 0 saturated heterocycles. The van der Waals surface area contributed by atoms with Crippen LogP contribution in [0.15, 0.2) is 60.0 Å². The molecule has 0 fully saturated rings. The number of benzene rings is 2. The minimum Gasteiger partial charge on any atom is -0.497 e. The predicted octanol–water partition coefficient (Wildman–Crippen LogP) is 3.74. The zero-order valence-corrected chi connectivity index (χ0v) is 18.0. The Morgan fingerprint density at radius 1 is 1.10 bits per heavy atom. The van der Waals surface area contributed by atoms with Crippen molar-refractivity contribution in [2.24, 2.45) is 0 Å². The largest absolute Gasteiger partial charge is 0.497 e. The van der Waals surface area contributed by atoms with Crippen LogP contribution < -0.4 is 15.4 Å². The van der Waals surface area contributed by atoms with Crippen LogP contribution in [-0.2, 0) is 16.0 Å². The molecular formula is C23H25N3O3S. The Morgan fingerprint density at radius 3 is 2.57 bits per heavy atom. The molecule has 30 heavy (non-hydrogen) atoms. The van der Waals surface area contributed by atoms with Gasteiger partial charge >= 0.3 is 0 Å². The van der Waals surface area contributed by atoms with Crippen molar-refractivity contribution in [3.8, 4) is 17.0 Å². The molecule has 0 aliphatic rings. The molecule has 156 valence electrons. The highest BCUT2D eigenvalue weighted by atomic mass is 32.1. The summed E-state index contributed by atoms with van der Waals surface area (Å²) in [7, 11) is 1.59. The van der Waals surface area contributed by atoms with Gasteiger partial charge in [-0.15, -0.1) is 11.3 Å². The molecule has 2 unspecified atom stereocenters. The average Bonchev–Trinajstić information content (AvgIpc) is 3.24. The lowest BCUT2D eigenvalue weighted by atomic mass is 10.0. The van der Waals surface area contributed by atoms with E-state index < -0.39 is 6.04 Å². The molecule has 2 amide bonds. The van der Waals surface area contributed by atoms with E-state index in [2.05, 4.69) is 15.6 Å². The molecule has 3 rings (SSSR count). The molecule has 0 aliphatic heterocycles. The first-order chi connectivity index (χ1) is 14.5. The minimum absolute atomic E-state index is 0.253. The van der Waals surface area contributed by atoms with E-state index in [4.69, 9.17) is 4.74 Å². The zero-order chi connectivity index (χ0) is 21.5. The number of carbonyl (C=O) groups is 2. The summed E-state index contributed by atoms with van der Waals surface area (Å²) < 4.78 is 5.24. The summed E-state index contributed by atoms with van der Waals surface area (Å²) in [5.41, 5.74) is 2.82. The third kappa shape index (κ3) is 5.67. The summed E-state index contributed by atoms with van der Waals surface area (Å²) in [6, 6.07) is 16.4. The van der Waals surface area contributed by atoms with Crippen LogP contribution in [-0.4, -0.2) is 29.9 Å². The van der Waals surface area contributed by atoms with Crippen LogP contribution in [0.3, 0.4) is 0 Å². The van der Waals surface area contributed by atoms with Gasteiger partial charge in [0.15, 0.2) is 0 Å². The van der Waals surface area contributed by atoms with Gasteiger partial charge in [0.1, 0.15) is 16.8 Å². The molecule has 7 heteroatoms. The van der Waals surface area contributed by atoms with Crippen molar-refractivity contribution in [3.63, 3.8) is 0 Å². The van der Waals surface area contributed by atoms with E-state index in [1.165, 1.54) is 18.3 Å². The number of carbonyl (C=O) groups excluding carboxylic acids is 2. The SMILES string of the molecule is COc1cccc(CC(NC(C)=O)C(=O)NC(C)c2nc(-c3ccccc3)cs2)c1. The smallest absolute Gasteiger partial charge is 0.243 e. The summed E-state index contributed by atoms with van der Waals surface area (Å²) in [6.45, 7) is 3.30. The second-order valence-corrected chi connectivity index (χ2v) is 7.87. The Labute approximate surface area is 180 Å². The molecule has 6 nitrogen and oxygen atoms in total. The van der Waals surface area contributed by atoms with Crippen molar-refractivity contribution < 1.29 is 14.3 Å². The van der Waals surface area contributed by atoms with E-state index in [0.29, 0.717) is 12.2 Å². The number of amides is 2. The summed E-state index contributed by atoms with van der Waals surface area (Å²) in [4.78, 5) is 29.2. The van der Waals surface area contributed by atoms with E-state index in [1.54, 1.807) is 7.11 Å². The van der Waals surface area contributed by atoms with Crippen LogP contribution in [0.4, 0.5) is 0 Å². The summed E-state index contributed by atoms with van der Waals surface area (Å²) in [5.74, 6) is 0.197. The Hall–Kier alpha value is -3.19. The van der Waals surface area contributed by atoms with Crippen LogP contribution in [0.2, 0.25) is 0 Å². The minimum atomic E-state index is -0.689. The van der Waals surface area contributed by atoms with E-state index >= 15 is 0 Å². The highest BCUT2D eigenvalue weighted by Gasteiger charge is 2.23. The van der Waals surface area contributed by atoms with Gasteiger partial charge in [0.25, 0.3) is 0 Å². The monoisotopic (exact) mass is 423 g/mol. The van der Waals surface area contributed by atoms with Crippen LogP contribution in [0.25, 0.3) is 11.3 Å². The number of rotatable bonds is 8. The number of hydrogen-bond acceptors (Lipinski definition) is 5. The Morgan fingerprint density at radius 2 is 1.87 bits per heavy atom. The van der Waals surface area contributed by atoms with Gasteiger partial charge < -0.3 is 15.4 Å². The number of thiazole rings is 1. The first-order valence-corrected chi connectivity index (χ1v) is 10.6. The molecule has 0 radical (unpaired) electrons. The summed E-state index contributed by atoms with van der Waals surface area (Å²) in [6.07, 6.45) is 0.364. The number of nitrogens with zero attached hydrogens (tertiary/aromatic N) is 1. The van der Waals surface area contributed by atoms with E-state index in [1.807, 2.05) is 66.9 Å². The van der Waals surface area contributed by atoms with Crippen molar-refractivity contribution in [1.29, 1.82) is 0 Å². The van der Waals surface area contributed by atoms with Gasteiger partial charge in [0, 0.05) is 24.3 Å². The van der Waals surface area contributed by atoms with Crippen molar-refractivity contribution in [2.75, 3.05) is 7.11 Å². The fourth-order valence-corrected chi connectivity index (χ4v) is 3.93. The van der Waals surface area contributed by atoms with Gasteiger partial charge in [-0.2, -0.15) is 0 Å². The fraction of sp³-hybridized carbons (Fsp3) is 0.261. The van der Waals surface area contributed by atoms with E-state index in [-0.39, 0.29) is 17.9 Å². The fourth-order valence-electron chi connectivity index (χ4n) is 3.09. The van der Waals surface area contributed by atoms with Gasteiger partial charge in [0.05, 0.1) is 18.8 Å². The number of nitrogens with one attached hydrogen (secondary N) is 2. The molecule has 2 aromatic carbocycles. The van der Waals surface area contributed by atoms with Crippen molar-refractivity contribution in [2.45, 2.75) is 32.4 Å². The van der Waals surface area contributed by atoms with Gasteiger partial charge in [-0.1, -0.05) is 42.5 Å². The molecule has 2 atom stereocenters. The Kier molecular flexibility index (Phi) is 7.19. The van der Waals surface area contributed by atoms with Gasteiger partial charge in [-0.05, 0) is 24.6 Å². The van der Waals surface area contributed by atoms with Crippen LogP contribution in [0.5, 0.6) is 5.75 Å². The van der Waals surface area contributed by atoms with Crippen LogP contribution in [0, 0.1) is 0 Å². The number of hydrogen-bond donors (Lipinski definition) is 2. The second-order valence-electron chi connectivity index (χ2n) is 6.98. The molecule has 0 spiro atoms. The molecule has 2 N–H and O–H groups in total. The van der Waals surface area contributed by atoms with Gasteiger partial charge in [-0.25, -0.2) is 4.98 Å². The zero-order valence-electron chi connectivity index (χ0n) is 17.2. The maximum Gasteiger partial charge on any atom is 0.243 e. The molecule has 1 aromatic heterocycles. The third-order valence-corrected chi connectivity index (χ3v) is 5.62. The van der Waals surface area contributed by atoms with Crippen molar-refractivity contribution in [3.05, 3.63) is 70.5 Å². The topological polar surface area (TPSA) is 80.3 Å². The number of aromatic nitrogens is 1. The lowest BCUT2D eigenvalue weighted by Gasteiger charge is -2.20. The van der Waals surface area contributed by atoms with Gasteiger partial charge in [-0.3, -0.25) is 9.59 Å². The van der Waals surface area contributed by atoms with E-state index in [9.17, 15) is 9.59 Å². The summed E-state index contributed by atoms with van der Waals surface area (Å²) >= 11 is 1.50. The summed E-state index contributed by atoms with van der Waals surface area (Å²) in [5, 5.41) is 8.51. The van der Waals surface area contributed by atoms with Crippen LogP contribution in [0.1, 0.15) is 30.5 Å². The Bertz CT molecular complexity index is 1000. The van der Waals surface area contributed by atoms with Crippen LogP contribution >= 0.6 is 11.3 Å². The number of ether oxygens (including phenoxy) is 1. The molecule has 0 aliphatic carbocycles. The highest BCUT2D eigenvalue weighted by Crippen LogP contribution is 2.25.